The fourth-order valence-electron chi connectivity index (χ4n) is 5.10. The highest BCUT2D eigenvalue weighted by Gasteiger charge is 2.39. The molecule has 10 heteroatoms. The Balaban J connectivity index is 1.39. The van der Waals surface area contributed by atoms with Gasteiger partial charge >= 0.3 is 0 Å². The van der Waals surface area contributed by atoms with Crippen molar-refractivity contribution in [1.29, 1.82) is 0 Å². The molecule has 1 aromatic carbocycles. The van der Waals surface area contributed by atoms with Crippen molar-refractivity contribution < 1.29 is 29.3 Å². The molecule has 10 nitrogen and oxygen atoms in total. The van der Waals surface area contributed by atoms with Crippen molar-refractivity contribution in [3.05, 3.63) is 35.9 Å². The molecular weight excluding hydrogens is 464 g/mol. The number of β-amino-alcohol motifs (C(OH)–C–C–N with tert-alkyl or cyclic N) is 1. The minimum atomic E-state index is -1.10. The van der Waals surface area contributed by atoms with Gasteiger partial charge in [-0.1, -0.05) is 43.2 Å². The molecule has 3 aliphatic rings. The van der Waals surface area contributed by atoms with Crippen LogP contribution in [0.2, 0.25) is 0 Å². The third-order valence-electron chi connectivity index (χ3n) is 7.19. The topological polar surface area (TPSA) is 144 Å². The first-order valence-electron chi connectivity index (χ1n) is 13.1. The summed E-state index contributed by atoms with van der Waals surface area (Å²) in [7, 11) is 0. The first-order chi connectivity index (χ1) is 17.4. The van der Waals surface area contributed by atoms with E-state index < -0.39 is 30.6 Å². The SMILES string of the molecule is O=C1NCC(O)N[C@@H](Cc2ccccc2)C(=O)N2CCCC2C(O)N[C@H]1CCCCCC(=O)[C@@H]1CO1. The first kappa shape index (κ1) is 26.7. The van der Waals surface area contributed by atoms with Crippen LogP contribution in [0.3, 0.4) is 0 Å². The monoisotopic (exact) mass is 502 g/mol. The Kier molecular flexibility index (Phi) is 9.44. The second-order valence-electron chi connectivity index (χ2n) is 9.96. The molecule has 198 valence electrons. The van der Waals surface area contributed by atoms with E-state index in [0.717, 1.165) is 24.8 Å². The molecule has 5 N–H and O–H groups in total. The predicted octanol–water partition coefficient (Wildman–Crippen LogP) is -0.178. The standard InChI is InChI=1S/C26H38N4O6/c31-21(22-16-36-22)12-6-2-5-10-18-24(33)27-15-23(32)28-19(14-17-8-3-1-4-9-17)26(35)30-13-7-11-20(30)25(34)29-18/h1,3-4,8-9,18-20,22-23,25,28-29,32,34H,2,5-7,10-16H2,(H,27,33)/t18-,19-,20?,22-,23?,25?/m0/s1. The second-order valence-corrected chi connectivity index (χ2v) is 9.96. The van der Waals surface area contributed by atoms with E-state index in [0.29, 0.717) is 45.3 Å². The van der Waals surface area contributed by atoms with Crippen LogP contribution in [0.4, 0.5) is 0 Å². The summed E-state index contributed by atoms with van der Waals surface area (Å²) in [5.74, 6) is -0.354. The maximum atomic E-state index is 13.5. The van der Waals surface area contributed by atoms with Crippen LogP contribution in [0.25, 0.3) is 0 Å². The van der Waals surface area contributed by atoms with E-state index in [-0.39, 0.29) is 30.2 Å². The quantitative estimate of drug-likeness (QED) is 0.231. The molecule has 3 unspecified atom stereocenters. The molecule has 3 heterocycles. The van der Waals surface area contributed by atoms with E-state index >= 15 is 0 Å². The van der Waals surface area contributed by atoms with E-state index in [2.05, 4.69) is 16.0 Å². The third-order valence-corrected chi connectivity index (χ3v) is 7.19. The smallest absolute Gasteiger partial charge is 0.240 e. The molecule has 2 amide bonds. The number of unbranched alkanes of at least 4 members (excludes halogenated alkanes) is 2. The number of ketones is 1. The summed E-state index contributed by atoms with van der Waals surface area (Å²) in [6, 6.07) is 7.74. The number of aliphatic hydroxyl groups is 2. The molecule has 6 atom stereocenters. The number of hydrogen-bond donors (Lipinski definition) is 5. The highest BCUT2D eigenvalue weighted by atomic mass is 16.6. The highest BCUT2D eigenvalue weighted by Crippen LogP contribution is 2.23. The van der Waals surface area contributed by atoms with Crippen LogP contribution >= 0.6 is 0 Å². The van der Waals surface area contributed by atoms with Gasteiger partial charge in [-0.25, -0.2) is 0 Å². The third kappa shape index (κ3) is 7.33. The number of epoxide rings is 1. The van der Waals surface area contributed by atoms with Gasteiger partial charge in [0.25, 0.3) is 0 Å². The number of carbonyl (C=O) groups excluding carboxylic acids is 3. The molecule has 0 aromatic heterocycles. The van der Waals surface area contributed by atoms with Crippen molar-refractivity contribution in [1.82, 2.24) is 20.9 Å². The number of benzene rings is 1. The zero-order chi connectivity index (χ0) is 25.5. The zero-order valence-electron chi connectivity index (χ0n) is 20.6. The average molecular weight is 503 g/mol. The lowest BCUT2D eigenvalue weighted by Gasteiger charge is -2.35. The number of rotatable bonds is 9. The zero-order valence-corrected chi connectivity index (χ0v) is 20.6. The number of ether oxygens (including phenoxy) is 1. The second kappa shape index (κ2) is 12.7. The van der Waals surface area contributed by atoms with Gasteiger partial charge < -0.3 is 25.2 Å². The van der Waals surface area contributed by atoms with E-state index in [4.69, 9.17) is 4.74 Å². The summed E-state index contributed by atoms with van der Waals surface area (Å²) in [5.41, 5.74) is 0.951. The van der Waals surface area contributed by atoms with Crippen LogP contribution < -0.4 is 16.0 Å². The van der Waals surface area contributed by atoms with E-state index in [1.807, 2.05) is 30.3 Å². The van der Waals surface area contributed by atoms with Crippen molar-refractivity contribution in [3.63, 3.8) is 0 Å². The van der Waals surface area contributed by atoms with Gasteiger partial charge in [0.15, 0.2) is 5.78 Å². The molecule has 0 spiro atoms. The maximum absolute atomic E-state index is 13.5. The molecule has 3 saturated heterocycles. The normalized spacial score (nSPS) is 31.2. The van der Waals surface area contributed by atoms with Crippen molar-refractivity contribution in [2.45, 2.75) is 88.1 Å². The number of nitrogens with one attached hydrogen (secondary N) is 3. The predicted molar refractivity (Wildman–Crippen MR) is 132 cm³/mol. The van der Waals surface area contributed by atoms with Crippen LogP contribution in [0.15, 0.2) is 30.3 Å². The average Bonchev–Trinajstić information content (AvgIpc) is 3.61. The fourth-order valence-corrected chi connectivity index (χ4v) is 5.10. The summed E-state index contributed by atoms with van der Waals surface area (Å²) in [6.07, 6.45) is 2.53. The Morgan fingerprint density at radius 3 is 2.58 bits per heavy atom. The lowest BCUT2D eigenvalue weighted by Crippen LogP contribution is -2.61. The van der Waals surface area contributed by atoms with Gasteiger partial charge in [-0.3, -0.25) is 25.0 Å². The van der Waals surface area contributed by atoms with Gasteiger partial charge in [0.2, 0.25) is 11.8 Å². The minimum absolute atomic E-state index is 0.0645. The Morgan fingerprint density at radius 2 is 1.83 bits per heavy atom. The molecule has 0 bridgehead atoms. The van der Waals surface area contributed by atoms with Crippen LogP contribution in [0.5, 0.6) is 0 Å². The lowest BCUT2D eigenvalue weighted by atomic mass is 10.0. The Hall–Kier alpha value is -2.37. The van der Waals surface area contributed by atoms with Crippen LogP contribution in [-0.4, -0.2) is 89.1 Å². The van der Waals surface area contributed by atoms with Crippen molar-refractivity contribution in [3.8, 4) is 0 Å². The molecule has 1 aromatic rings. The Bertz CT molecular complexity index is 896. The lowest BCUT2D eigenvalue weighted by molar-refractivity contribution is -0.139. The molecule has 0 aliphatic carbocycles. The van der Waals surface area contributed by atoms with Gasteiger partial charge in [0, 0.05) is 13.0 Å². The number of fused-ring (bicyclic) bond motifs is 1. The van der Waals surface area contributed by atoms with Crippen molar-refractivity contribution >= 4 is 17.6 Å². The number of carbonyl (C=O) groups is 3. The molecule has 0 radical (unpaired) electrons. The number of Topliss-reactive ketones (excluding diaryl/α,β-unsaturated/α-hetero) is 1. The van der Waals surface area contributed by atoms with E-state index in [1.54, 1.807) is 4.90 Å². The molecule has 36 heavy (non-hydrogen) atoms. The summed E-state index contributed by atoms with van der Waals surface area (Å²) in [6.45, 7) is 0.975. The van der Waals surface area contributed by atoms with E-state index in [9.17, 15) is 24.6 Å². The van der Waals surface area contributed by atoms with Gasteiger partial charge in [0.1, 0.15) is 18.6 Å². The largest absolute Gasteiger partial charge is 0.377 e. The number of hydrogen-bond acceptors (Lipinski definition) is 8. The van der Waals surface area contributed by atoms with Crippen molar-refractivity contribution in [2.75, 3.05) is 19.7 Å². The molecular formula is C26H38N4O6. The molecule has 3 fully saturated rings. The minimum Gasteiger partial charge on any atom is -0.377 e. The Morgan fingerprint density at radius 1 is 1.06 bits per heavy atom. The highest BCUT2D eigenvalue weighted by molar-refractivity contribution is 5.85. The first-order valence-corrected chi connectivity index (χ1v) is 13.1. The molecule has 4 rings (SSSR count). The van der Waals surface area contributed by atoms with Gasteiger partial charge in [-0.05, 0) is 37.7 Å². The van der Waals surface area contributed by atoms with Crippen molar-refractivity contribution in [2.24, 2.45) is 0 Å². The summed E-state index contributed by atoms with van der Waals surface area (Å²) >= 11 is 0. The maximum Gasteiger partial charge on any atom is 0.240 e. The summed E-state index contributed by atoms with van der Waals surface area (Å²) in [5, 5.41) is 30.4. The molecule has 3 aliphatic heterocycles. The van der Waals surface area contributed by atoms with Gasteiger partial charge in [-0.15, -0.1) is 0 Å². The van der Waals surface area contributed by atoms with Gasteiger partial charge in [-0.2, -0.15) is 0 Å². The fraction of sp³-hybridized carbons (Fsp3) is 0.654. The van der Waals surface area contributed by atoms with Crippen LogP contribution in [0, 0.1) is 0 Å². The number of aliphatic hydroxyl groups excluding tert-OH is 2. The van der Waals surface area contributed by atoms with Crippen LogP contribution in [0.1, 0.15) is 50.5 Å². The van der Waals surface area contributed by atoms with E-state index in [1.165, 1.54) is 0 Å². The Labute approximate surface area is 211 Å². The number of nitrogens with zero attached hydrogens (tertiary/aromatic N) is 1. The van der Waals surface area contributed by atoms with Crippen LogP contribution in [-0.2, 0) is 25.5 Å². The summed E-state index contributed by atoms with van der Waals surface area (Å²) < 4.78 is 5.01. The van der Waals surface area contributed by atoms with Gasteiger partial charge in [0.05, 0.1) is 31.3 Å². The number of amides is 2. The molecule has 0 saturated carbocycles. The summed E-state index contributed by atoms with van der Waals surface area (Å²) in [4.78, 5) is 39.9.